The van der Waals surface area contributed by atoms with E-state index in [0.29, 0.717) is 16.9 Å². The van der Waals surface area contributed by atoms with Crippen molar-refractivity contribution in [1.82, 2.24) is 9.78 Å². The molecule has 3 aromatic rings. The fourth-order valence-corrected chi connectivity index (χ4v) is 3.72. The number of nitrogen functional groups attached to an aromatic ring is 1. The molecule has 1 heterocycles. The number of rotatable bonds is 3. The highest BCUT2D eigenvalue weighted by molar-refractivity contribution is 5.58. The van der Waals surface area contributed by atoms with Gasteiger partial charge in [0.1, 0.15) is 17.5 Å². The number of nitro groups is 1. The van der Waals surface area contributed by atoms with Crippen molar-refractivity contribution in [2.75, 3.05) is 5.73 Å². The number of non-ortho nitro benzene ring substituents is 1. The molecule has 0 bridgehead atoms. The second-order valence-corrected chi connectivity index (χ2v) is 6.65. The number of anilines is 1. The van der Waals surface area contributed by atoms with E-state index in [2.05, 4.69) is 23.3 Å². The molecule has 0 amide bonds. The third kappa shape index (κ3) is 2.91. The van der Waals surface area contributed by atoms with E-state index >= 15 is 0 Å². The number of nitro benzene ring substituents is 1. The van der Waals surface area contributed by atoms with Gasteiger partial charge in [-0.15, -0.1) is 0 Å². The van der Waals surface area contributed by atoms with Gasteiger partial charge >= 0.3 is 0 Å². The number of aromatic nitrogens is 2. The van der Waals surface area contributed by atoms with E-state index in [9.17, 15) is 15.4 Å². The van der Waals surface area contributed by atoms with Gasteiger partial charge in [-0.05, 0) is 36.5 Å². The van der Waals surface area contributed by atoms with Crippen molar-refractivity contribution in [2.45, 2.75) is 25.2 Å². The van der Waals surface area contributed by atoms with Crippen LogP contribution in [-0.4, -0.2) is 14.7 Å². The molecule has 0 saturated carbocycles. The van der Waals surface area contributed by atoms with E-state index in [1.54, 1.807) is 12.1 Å². The molecule has 1 aliphatic rings. The van der Waals surface area contributed by atoms with Crippen LogP contribution < -0.4 is 5.73 Å². The second kappa shape index (κ2) is 6.57. The van der Waals surface area contributed by atoms with Gasteiger partial charge in [0.25, 0.3) is 5.69 Å². The van der Waals surface area contributed by atoms with E-state index in [1.807, 2.05) is 12.1 Å². The molecule has 2 aromatic carbocycles. The summed E-state index contributed by atoms with van der Waals surface area (Å²) in [5, 5.41) is 25.3. The predicted octanol–water partition coefficient (Wildman–Crippen LogP) is 3.51. The van der Waals surface area contributed by atoms with Gasteiger partial charge in [-0.1, -0.05) is 30.3 Å². The van der Waals surface area contributed by atoms with Crippen LogP contribution in [0.3, 0.4) is 0 Å². The summed E-state index contributed by atoms with van der Waals surface area (Å²) in [5.41, 5.74) is 10.2. The molecule has 0 fully saturated rings. The smallest absolute Gasteiger partial charge is 0.271 e. The molecule has 2 N–H and O–H groups in total. The number of fused-ring (bicyclic) bond motifs is 1. The standard InChI is InChI=1S/C20H17N5O2/c21-12-18-19(15-9-8-13-4-1-2-5-14(13)10-15)23-24(20(18)22)16-6-3-7-17(11-16)25(26)27/h1-7,11,15H,8-10,22H2. The normalized spacial score (nSPS) is 15.7. The number of nitriles is 1. The lowest BCUT2D eigenvalue weighted by atomic mass is 9.81. The molecule has 27 heavy (non-hydrogen) atoms. The summed E-state index contributed by atoms with van der Waals surface area (Å²) >= 11 is 0. The lowest BCUT2D eigenvalue weighted by molar-refractivity contribution is -0.384. The molecule has 1 aromatic heterocycles. The fourth-order valence-electron chi connectivity index (χ4n) is 3.72. The zero-order valence-corrected chi connectivity index (χ0v) is 14.5. The predicted molar refractivity (Wildman–Crippen MR) is 101 cm³/mol. The van der Waals surface area contributed by atoms with Crippen LogP contribution >= 0.6 is 0 Å². The number of hydrogen-bond donors (Lipinski definition) is 1. The quantitative estimate of drug-likeness (QED) is 0.568. The first-order chi connectivity index (χ1) is 13.1. The molecule has 0 spiro atoms. The SMILES string of the molecule is N#Cc1c(C2CCc3ccccc3C2)nn(-c2cccc([N+](=O)[O-])c2)c1N. The highest BCUT2D eigenvalue weighted by atomic mass is 16.6. The molecule has 0 aliphatic heterocycles. The monoisotopic (exact) mass is 359 g/mol. The van der Waals surface area contributed by atoms with Gasteiger partial charge in [0.2, 0.25) is 0 Å². The third-order valence-corrected chi connectivity index (χ3v) is 5.08. The van der Waals surface area contributed by atoms with E-state index in [0.717, 1.165) is 19.3 Å². The Bertz CT molecular complexity index is 1080. The fraction of sp³-hybridized carbons (Fsp3) is 0.200. The Balaban J connectivity index is 1.76. The largest absolute Gasteiger partial charge is 0.382 e. The van der Waals surface area contributed by atoms with Crippen LogP contribution in [0.5, 0.6) is 0 Å². The zero-order chi connectivity index (χ0) is 19.0. The topological polar surface area (TPSA) is 111 Å². The molecular weight excluding hydrogens is 342 g/mol. The Labute approximate surface area is 155 Å². The van der Waals surface area contributed by atoms with Gasteiger partial charge in [0.15, 0.2) is 0 Å². The Morgan fingerprint density at radius 3 is 2.74 bits per heavy atom. The molecule has 1 atom stereocenters. The van der Waals surface area contributed by atoms with Crippen LogP contribution in [0.2, 0.25) is 0 Å². The highest BCUT2D eigenvalue weighted by Gasteiger charge is 2.27. The van der Waals surface area contributed by atoms with Crippen molar-refractivity contribution in [3.63, 3.8) is 0 Å². The molecular formula is C20H17N5O2. The molecule has 7 heteroatoms. The first kappa shape index (κ1) is 16.8. The van der Waals surface area contributed by atoms with Crippen molar-refractivity contribution in [2.24, 2.45) is 0 Å². The maximum atomic E-state index is 11.1. The molecule has 0 saturated heterocycles. The summed E-state index contributed by atoms with van der Waals surface area (Å²) < 4.78 is 1.43. The Morgan fingerprint density at radius 1 is 1.22 bits per heavy atom. The summed E-state index contributed by atoms with van der Waals surface area (Å²) in [4.78, 5) is 10.6. The van der Waals surface area contributed by atoms with Gasteiger partial charge in [0.05, 0.1) is 16.3 Å². The third-order valence-electron chi connectivity index (χ3n) is 5.08. The van der Waals surface area contributed by atoms with E-state index in [4.69, 9.17) is 5.73 Å². The lowest BCUT2D eigenvalue weighted by Gasteiger charge is -2.23. The number of aryl methyl sites for hydroxylation is 1. The van der Waals surface area contributed by atoms with E-state index < -0.39 is 4.92 Å². The van der Waals surface area contributed by atoms with E-state index in [1.165, 1.54) is 27.9 Å². The minimum Gasteiger partial charge on any atom is -0.382 e. The molecule has 0 radical (unpaired) electrons. The molecule has 134 valence electrons. The second-order valence-electron chi connectivity index (χ2n) is 6.65. The van der Waals surface area contributed by atoms with Crippen molar-refractivity contribution in [3.05, 3.63) is 81.0 Å². The van der Waals surface area contributed by atoms with Crippen molar-refractivity contribution in [1.29, 1.82) is 5.26 Å². The van der Waals surface area contributed by atoms with Gasteiger partial charge in [-0.25, -0.2) is 4.68 Å². The van der Waals surface area contributed by atoms with Crippen LogP contribution in [-0.2, 0) is 12.8 Å². The number of nitrogens with two attached hydrogens (primary N) is 1. The van der Waals surface area contributed by atoms with Gasteiger partial charge < -0.3 is 5.73 Å². The Kier molecular flexibility index (Phi) is 4.09. The van der Waals surface area contributed by atoms with Crippen LogP contribution in [0.15, 0.2) is 48.5 Å². The number of hydrogen-bond acceptors (Lipinski definition) is 5. The van der Waals surface area contributed by atoms with Crippen LogP contribution in [0.1, 0.15) is 34.7 Å². The maximum absolute atomic E-state index is 11.1. The average molecular weight is 359 g/mol. The van der Waals surface area contributed by atoms with Crippen molar-refractivity contribution >= 4 is 11.5 Å². The van der Waals surface area contributed by atoms with Crippen molar-refractivity contribution in [3.8, 4) is 11.8 Å². The van der Waals surface area contributed by atoms with Gasteiger partial charge in [-0.2, -0.15) is 10.4 Å². The van der Waals surface area contributed by atoms with Crippen LogP contribution in [0.4, 0.5) is 11.5 Å². The van der Waals surface area contributed by atoms with Gasteiger partial charge in [0, 0.05) is 18.1 Å². The first-order valence-electron chi connectivity index (χ1n) is 8.68. The molecule has 1 aliphatic carbocycles. The molecule has 4 rings (SSSR count). The van der Waals surface area contributed by atoms with E-state index in [-0.39, 0.29) is 17.4 Å². The summed E-state index contributed by atoms with van der Waals surface area (Å²) in [6, 6.07) is 16.6. The number of benzene rings is 2. The number of nitrogens with zero attached hydrogens (tertiary/aromatic N) is 4. The maximum Gasteiger partial charge on any atom is 0.271 e. The summed E-state index contributed by atoms with van der Waals surface area (Å²) in [6.45, 7) is 0. The summed E-state index contributed by atoms with van der Waals surface area (Å²) in [5.74, 6) is 0.309. The minimum absolute atomic E-state index is 0.0472. The molecule has 7 nitrogen and oxygen atoms in total. The van der Waals surface area contributed by atoms with Gasteiger partial charge in [-0.3, -0.25) is 10.1 Å². The summed E-state index contributed by atoms with van der Waals surface area (Å²) in [6.07, 6.45) is 2.61. The van der Waals surface area contributed by atoms with Crippen LogP contribution in [0.25, 0.3) is 5.69 Å². The lowest BCUT2D eigenvalue weighted by Crippen LogP contribution is -2.14. The zero-order valence-electron chi connectivity index (χ0n) is 14.5. The molecule has 1 unspecified atom stereocenters. The summed E-state index contributed by atoms with van der Waals surface area (Å²) in [7, 11) is 0. The average Bonchev–Trinajstić information content (AvgIpc) is 3.04. The first-order valence-corrected chi connectivity index (χ1v) is 8.68. The van der Waals surface area contributed by atoms with Crippen molar-refractivity contribution < 1.29 is 4.92 Å². The Morgan fingerprint density at radius 2 is 2.00 bits per heavy atom. The Hall–Kier alpha value is -3.66. The highest BCUT2D eigenvalue weighted by Crippen LogP contribution is 2.35. The minimum atomic E-state index is -0.465. The van der Waals surface area contributed by atoms with Crippen LogP contribution in [0, 0.1) is 21.4 Å².